The van der Waals surface area contributed by atoms with Gasteiger partial charge in [-0.05, 0) is 19.3 Å². The van der Waals surface area contributed by atoms with Crippen molar-refractivity contribution in [2.24, 2.45) is 0 Å². The minimum atomic E-state index is 0.956. The van der Waals surface area contributed by atoms with Crippen LogP contribution in [0.4, 0.5) is 0 Å². The van der Waals surface area contributed by atoms with E-state index in [-0.39, 0.29) is 0 Å². The number of hydrogen-bond donors (Lipinski definition) is 0. The van der Waals surface area contributed by atoms with Gasteiger partial charge in [0.15, 0.2) is 0 Å². The fraction of sp³-hybridized carbons (Fsp3) is 1.00. The smallest absolute Gasteiger partial charge is 0.0804 e. The van der Waals surface area contributed by atoms with Gasteiger partial charge in [-0.2, -0.15) is 0 Å². The molecule has 33 heavy (non-hydrogen) atoms. The Morgan fingerprint density at radius 1 is 0.364 bits per heavy atom. The average Bonchev–Trinajstić information content (AvgIpc) is 2.80. The molecule has 0 aliphatic carbocycles. The summed E-state index contributed by atoms with van der Waals surface area (Å²) < 4.78 is 7.07. The Balaban J connectivity index is 3.28. The topological polar surface area (TPSA) is 9.23 Å². The van der Waals surface area contributed by atoms with Crippen LogP contribution in [0.1, 0.15) is 162 Å². The lowest BCUT2D eigenvalue weighted by atomic mass is 10.1. The molecule has 0 saturated heterocycles. The molecule has 0 amide bonds. The Kier molecular flexibility index (Phi) is 26.5. The van der Waals surface area contributed by atoms with Crippen LogP contribution in [0.5, 0.6) is 0 Å². The van der Waals surface area contributed by atoms with Gasteiger partial charge in [0.2, 0.25) is 0 Å². The quantitative estimate of drug-likeness (QED) is 0.0819. The van der Waals surface area contributed by atoms with Crippen molar-refractivity contribution >= 4 is 0 Å². The SMILES string of the molecule is CCCCCCCCCCCCCC[N+](C)(C)CCCOCCCCCCCCCCCC. The van der Waals surface area contributed by atoms with Crippen molar-refractivity contribution in [3.8, 4) is 0 Å². The van der Waals surface area contributed by atoms with Gasteiger partial charge in [-0.15, -0.1) is 0 Å². The second-order valence-corrected chi connectivity index (χ2v) is 11.4. The van der Waals surface area contributed by atoms with Gasteiger partial charge < -0.3 is 9.22 Å². The molecule has 0 spiro atoms. The van der Waals surface area contributed by atoms with Crippen LogP contribution in [0, 0.1) is 0 Å². The monoisotopic (exact) mass is 469 g/mol. The van der Waals surface area contributed by atoms with Gasteiger partial charge in [0.05, 0.1) is 33.8 Å². The summed E-state index contributed by atoms with van der Waals surface area (Å²) in [7, 11) is 4.81. The standard InChI is InChI=1S/C31H66NO/c1-5-7-9-11-13-15-17-18-19-21-23-25-28-32(3,4)29-27-31-33-30-26-24-22-20-16-14-12-10-8-6-2/h5-31H2,1-4H3/q+1. The molecule has 0 aromatic carbocycles. The van der Waals surface area contributed by atoms with Gasteiger partial charge in [0.25, 0.3) is 0 Å². The first-order chi connectivity index (χ1) is 16.1. The molecule has 0 heterocycles. The van der Waals surface area contributed by atoms with Crippen LogP contribution >= 0.6 is 0 Å². The number of unbranched alkanes of at least 4 members (excludes halogenated alkanes) is 20. The minimum Gasteiger partial charge on any atom is -0.381 e. The summed E-state index contributed by atoms with van der Waals surface area (Å²) in [6, 6.07) is 0. The average molecular weight is 469 g/mol. The van der Waals surface area contributed by atoms with E-state index in [2.05, 4.69) is 27.9 Å². The molecule has 0 aromatic rings. The van der Waals surface area contributed by atoms with E-state index in [9.17, 15) is 0 Å². The molecule has 0 aromatic heterocycles. The highest BCUT2D eigenvalue weighted by Crippen LogP contribution is 2.13. The lowest BCUT2D eigenvalue weighted by molar-refractivity contribution is -0.890. The Labute approximate surface area is 211 Å². The Hall–Kier alpha value is -0.0800. The van der Waals surface area contributed by atoms with Crippen molar-refractivity contribution in [1.82, 2.24) is 0 Å². The molecule has 0 unspecified atom stereocenters. The Morgan fingerprint density at radius 2 is 0.667 bits per heavy atom. The van der Waals surface area contributed by atoms with Crippen LogP contribution in [0.25, 0.3) is 0 Å². The molecule has 0 atom stereocenters. The lowest BCUT2D eigenvalue weighted by Gasteiger charge is -2.29. The van der Waals surface area contributed by atoms with Crippen molar-refractivity contribution in [3.63, 3.8) is 0 Å². The zero-order valence-corrected chi connectivity index (χ0v) is 23.9. The molecule has 0 radical (unpaired) electrons. The van der Waals surface area contributed by atoms with Crippen LogP contribution in [0.2, 0.25) is 0 Å². The summed E-state index contributed by atoms with van der Waals surface area (Å²) in [6.45, 7) is 9.11. The number of nitrogens with zero attached hydrogens (tertiary/aromatic N) is 1. The molecule has 0 N–H and O–H groups in total. The van der Waals surface area contributed by atoms with Crippen LogP contribution in [-0.2, 0) is 4.74 Å². The fourth-order valence-corrected chi connectivity index (χ4v) is 4.88. The Morgan fingerprint density at radius 3 is 1.09 bits per heavy atom. The first-order valence-electron chi connectivity index (χ1n) is 15.5. The van der Waals surface area contributed by atoms with Gasteiger partial charge in [-0.25, -0.2) is 0 Å². The van der Waals surface area contributed by atoms with Crippen LogP contribution < -0.4 is 0 Å². The van der Waals surface area contributed by atoms with Crippen molar-refractivity contribution in [2.45, 2.75) is 162 Å². The highest BCUT2D eigenvalue weighted by atomic mass is 16.5. The minimum absolute atomic E-state index is 0.956. The second kappa shape index (κ2) is 26.5. The summed E-state index contributed by atoms with van der Waals surface area (Å²) in [5.41, 5.74) is 0. The van der Waals surface area contributed by atoms with E-state index in [1.165, 1.54) is 165 Å². The van der Waals surface area contributed by atoms with E-state index in [1.807, 2.05) is 0 Å². The molecule has 0 aliphatic heterocycles. The summed E-state index contributed by atoms with van der Waals surface area (Å²) in [4.78, 5) is 0. The zero-order chi connectivity index (χ0) is 24.3. The molecule has 0 fully saturated rings. The molecular weight excluding hydrogens is 402 g/mol. The van der Waals surface area contributed by atoms with Gasteiger partial charge in [0.1, 0.15) is 0 Å². The number of quaternary nitrogens is 1. The normalized spacial score (nSPS) is 12.0. The maximum Gasteiger partial charge on any atom is 0.0804 e. The number of rotatable bonds is 28. The van der Waals surface area contributed by atoms with Crippen LogP contribution in [0.15, 0.2) is 0 Å². The van der Waals surface area contributed by atoms with Crippen molar-refractivity contribution in [1.29, 1.82) is 0 Å². The van der Waals surface area contributed by atoms with Crippen LogP contribution in [-0.4, -0.2) is 44.9 Å². The van der Waals surface area contributed by atoms with E-state index in [0.29, 0.717) is 0 Å². The maximum absolute atomic E-state index is 5.91. The molecule has 0 aliphatic rings. The predicted molar refractivity (Wildman–Crippen MR) is 150 cm³/mol. The summed E-state index contributed by atoms with van der Waals surface area (Å²) >= 11 is 0. The van der Waals surface area contributed by atoms with E-state index >= 15 is 0 Å². The van der Waals surface area contributed by atoms with Crippen LogP contribution in [0.3, 0.4) is 0 Å². The molecule has 0 bridgehead atoms. The molecule has 200 valence electrons. The summed E-state index contributed by atoms with van der Waals surface area (Å²) in [5, 5.41) is 0. The molecule has 2 heteroatoms. The fourth-order valence-electron chi connectivity index (χ4n) is 4.88. The molecule has 0 rings (SSSR count). The third kappa shape index (κ3) is 28.0. The number of ether oxygens (including phenoxy) is 1. The third-order valence-corrected chi connectivity index (χ3v) is 7.31. The second-order valence-electron chi connectivity index (χ2n) is 11.4. The molecular formula is C31H66NO+. The molecule has 2 nitrogen and oxygen atoms in total. The van der Waals surface area contributed by atoms with E-state index in [0.717, 1.165) is 13.2 Å². The highest BCUT2D eigenvalue weighted by Gasteiger charge is 2.13. The zero-order valence-electron chi connectivity index (χ0n) is 23.9. The predicted octanol–water partition coefficient (Wildman–Crippen LogP) is 10.1. The van der Waals surface area contributed by atoms with E-state index < -0.39 is 0 Å². The van der Waals surface area contributed by atoms with Gasteiger partial charge >= 0.3 is 0 Å². The van der Waals surface area contributed by atoms with Crippen molar-refractivity contribution < 1.29 is 9.22 Å². The third-order valence-electron chi connectivity index (χ3n) is 7.31. The molecule has 0 saturated carbocycles. The summed E-state index contributed by atoms with van der Waals surface area (Å²) in [6.07, 6.45) is 32.5. The van der Waals surface area contributed by atoms with Gasteiger partial charge in [-0.3, -0.25) is 0 Å². The van der Waals surface area contributed by atoms with Gasteiger partial charge in [0, 0.05) is 13.0 Å². The summed E-state index contributed by atoms with van der Waals surface area (Å²) in [5.74, 6) is 0. The van der Waals surface area contributed by atoms with Crippen molar-refractivity contribution in [2.75, 3.05) is 40.4 Å². The largest absolute Gasteiger partial charge is 0.381 e. The lowest BCUT2D eigenvalue weighted by Crippen LogP contribution is -2.41. The van der Waals surface area contributed by atoms with Gasteiger partial charge in [-0.1, -0.05) is 136 Å². The Bertz CT molecular complexity index is 355. The first kappa shape index (κ1) is 32.9. The number of hydrogen-bond acceptors (Lipinski definition) is 1. The maximum atomic E-state index is 5.91. The van der Waals surface area contributed by atoms with Crippen molar-refractivity contribution in [3.05, 3.63) is 0 Å². The van der Waals surface area contributed by atoms with E-state index in [1.54, 1.807) is 0 Å². The first-order valence-corrected chi connectivity index (χ1v) is 15.5. The highest BCUT2D eigenvalue weighted by molar-refractivity contribution is 4.50. The van der Waals surface area contributed by atoms with E-state index in [4.69, 9.17) is 4.74 Å².